The van der Waals surface area contributed by atoms with Crippen LogP contribution in [0.15, 0.2) is 18.2 Å². The number of primary amides is 1. The number of ether oxygens (including phenoxy) is 1. The second kappa shape index (κ2) is 7.65. The van der Waals surface area contributed by atoms with Crippen molar-refractivity contribution in [2.75, 3.05) is 45.2 Å². The van der Waals surface area contributed by atoms with Crippen LogP contribution in [-0.2, 0) is 4.79 Å². The summed E-state index contributed by atoms with van der Waals surface area (Å²) in [6, 6.07) is 5.26. The molecule has 2 rings (SSSR count). The number of carbonyl (C=O) groups excluding carboxylic acids is 2. The molecule has 22 heavy (non-hydrogen) atoms. The lowest BCUT2D eigenvalue weighted by Gasteiger charge is -2.27. The van der Waals surface area contributed by atoms with Crippen molar-refractivity contribution < 1.29 is 14.3 Å². The van der Waals surface area contributed by atoms with Crippen LogP contribution in [0, 0.1) is 0 Å². The van der Waals surface area contributed by atoms with Gasteiger partial charge in [-0.25, -0.2) is 0 Å². The Labute approximate surface area is 129 Å². The number of amides is 2. The first-order chi connectivity index (χ1) is 10.6. The summed E-state index contributed by atoms with van der Waals surface area (Å²) in [6.07, 6.45) is 0.221. The van der Waals surface area contributed by atoms with E-state index in [9.17, 15) is 9.59 Å². The second-order valence-corrected chi connectivity index (χ2v) is 5.10. The highest BCUT2D eigenvalue weighted by Gasteiger charge is 2.19. The number of methoxy groups -OCH3 is 1. The highest BCUT2D eigenvalue weighted by Crippen LogP contribution is 2.26. The first kappa shape index (κ1) is 16.1. The smallest absolute Gasteiger partial charge is 0.254 e. The number of hydrogen-bond acceptors (Lipinski definition) is 5. The molecule has 0 bridgehead atoms. The van der Waals surface area contributed by atoms with E-state index in [1.807, 2.05) is 4.90 Å². The third kappa shape index (κ3) is 4.11. The topological polar surface area (TPSA) is 96.7 Å². The third-order valence-electron chi connectivity index (χ3n) is 3.54. The average molecular weight is 306 g/mol. The molecule has 0 saturated carbocycles. The SMILES string of the molecule is COc1ccc(C(=O)N2CCNCC2)cc1NCCC(N)=O. The monoisotopic (exact) mass is 306 g/mol. The Kier molecular flexibility index (Phi) is 5.60. The van der Waals surface area contributed by atoms with Crippen LogP contribution in [0.25, 0.3) is 0 Å². The molecule has 1 aromatic carbocycles. The van der Waals surface area contributed by atoms with Gasteiger partial charge in [-0.1, -0.05) is 0 Å². The van der Waals surface area contributed by atoms with E-state index < -0.39 is 0 Å². The summed E-state index contributed by atoms with van der Waals surface area (Å²) in [5, 5.41) is 6.30. The number of nitrogens with zero attached hydrogens (tertiary/aromatic N) is 1. The first-order valence-corrected chi connectivity index (χ1v) is 7.32. The fourth-order valence-corrected chi connectivity index (χ4v) is 2.35. The lowest BCUT2D eigenvalue weighted by molar-refractivity contribution is -0.117. The Bertz CT molecular complexity index is 542. The first-order valence-electron chi connectivity index (χ1n) is 7.32. The molecule has 1 heterocycles. The van der Waals surface area contributed by atoms with Gasteiger partial charge in [0.2, 0.25) is 5.91 Å². The van der Waals surface area contributed by atoms with E-state index in [1.165, 1.54) is 0 Å². The van der Waals surface area contributed by atoms with Crippen LogP contribution in [-0.4, -0.2) is 56.5 Å². The largest absolute Gasteiger partial charge is 0.495 e. The molecule has 1 aliphatic heterocycles. The van der Waals surface area contributed by atoms with E-state index in [0.717, 1.165) is 13.1 Å². The number of benzene rings is 1. The minimum Gasteiger partial charge on any atom is -0.495 e. The van der Waals surface area contributed by atoms with Crippen LogP contribution < -0.4 is 21.1 Å². The summed E-state index contributed by atoms with van der Waals surface area (Å²) in [4.78, 5) is 25.1. The Hall–Kier alpha value is -2.28. The summed E-state index contributed by atoms with van der Waals surface area (Å²) >= 11 is 0. The Morgan fingerprint density at radius 1 is 1.36 bits per heavy atom. The van der Waals surface area contributed by atoms with Crippen LogP contribution in [0.2, 0.25) is 0 Å². The maximum Gasteiger partial charge on any atom is 0.254 e. The van der Waals surface area contributed by atoms with Crippen LogP contribution in [0.4, 0.5) is 5.69 Å². The Morgan fingerprint density at radius 2 is 2.09 bits per heavy atom. The summed E-state index contributed by atoms with van der Waals surface area (Å²) in [5.41, 5.74) is 6.41. The molecule has 1 fully saturated rings. The fraction of sp³-hybridized carbons (Fsp3) is 0.467. The van der Waals surface area contributed by atoms with Crippen molar-refractivity contribution in [1.82, 2.24) is 10.2 Å². The van der Waals surface area contributed by atoms with Crippen LogP contribution in [0.5, 0.6) is 5.75 Å². The van der Waals surface area contributed by atoms with Crippen molar-refractivity contribution in [1.29, 1.82) is 0 Å². The van der Waals surface area contributed by atoms with Crippen molar-refractivity contribution in [2.24, 2.45) is 5.73 Å². The lowest BCUT2D eigenvalue weighted by atomic mass is 10.1. The Morgan fingerprint density at radius 3 is 2.73 bits per heavy atom. The summed E-state index contributed by atoms with van der Waals surface area (Å²) < 4.78 is 5.27. The normalized spacial score (nSPS) is 14.5. The summed E-state index contributed by atoms with van der Waals surface area (Å²) in [7, 11) is 1.56. The summed E-state index contributed by atoms with van der Waals surface area (Å²) in [5.74, 6) is 0.253. The van der Waals surface area contributed by atoms with Gasteiger partial charge < -0.3 is 26.0 Å². The minimum absolute atomic E-state index is 0.00195. The predicted molar refractivity (Wildman–Crippen MR) is 84.1 cm³/mol. The van der Waals surface area contributed by atoms with Crippen LogP contribution in [0.1, 0.15) is 16.8 Å². The van der Waals surface area contributed by atoms with Crippen molar-refractivity contribution in [2.45, 2.75) is 6.42 Å². The molecule has 120 valence electrons. The fourth-order valence-electron chi connectivity index (χ4n) is 2.35. The molecule has 7 nitrogen and oxygen atoms in total. The minimum atomic E-state index is -0.375. The van der Waals surface area contributed by atoms with Gasteiger partial charge in [0.1, 0.15) is 5.75 Å². The molecule has 0 radical (unpaired) electrons. The standard InChI is InChI=1S/C15H22N4O3/c1-22-13-3-2-11(10-12(13)18-5-4-14(16)20)15(21)19-8-6-17-7-9-19/h2-3,10,17-18H,4-9H2,1H3,(H2,16,20). The zero-order valence-electron chi connectivity index (χ0n) is 12.7. The molecule has 2 amide bonds. The van der Waals surface area contributed by atoms with Gasteiger partial charge in [0.05, 0.1) is 12.8 Å². The quantitative estimate of drug-likeness (QED) is 0.689. The van der Waals surface area contributed by atoms with Gasteiger partial charge in [0.15, 0.2) is 0 Å². The zero-order valence-corrected chi connectivity index (χ0v) is 12.7. The Balaban J connectivity index is 2.11. The highest BCUT2D eigenvalue weighted by atomic mass is 16.5. The maximum absolute atomic E-state index is 12.5. The number of nitrogens with one attached hydrogen (secondary N) is 2. The molecule has 1 aromatic rings. The highest BCUT2D eigenvalue weighted by molar-refractivity contribution is 5.95. The van der Waals surface area contributed by atoms with Crippen LogP contribution in [0.3, 0.4) is 0 Å². The van der Waals surface area contributed by atoms with E-state index in [2.05, 4.69) is 10.6 Å². The van der Waals surface area contributed by atoms with E-state index in [0.29, 0.717) is 36.6 Å². The van der Waals surface area contributed by atoms with E-state index >= 15 is 0 Å². The van der Waals surface area contributed by atoms with Gasteiger partial charge in [-0.2, -0.15) is 0 Å². The molecule has 1 saturated heterocycles. The van der Waals surface area contributed by atoms with Gasteiger partial charge in [-0.15, -0.1) is 0 Å². The maximum atomic E-state index is 12.5. The van der Waals surface area contributed by atoms with Crippen LogP contribution >= 0.6 is 0 Å². The molecule has 0 aromatic heterocycles. The van der Waals surface area contributed by atoms with Gasteiger partial charge in [-0.05, 0) is 18.2 Å². The van der Waals surface area contributed by atoms with Crippen molar-refractivity contribution >= 4 is 17.5 Å². The number of hydrogen-bond donors (Lipinski definition) is 3. The molecule has 7 heteroatoms. The number of rotatable bonds is 6. The van der Waals surface area contributed by atoms with E-state index in [-0.39, 0.29) is 18.2 Å². The lowest BCUT2D eigenvalue weighted by Crippen LogP contribution is -2.46. The van der Waals surface area contributed by atoms with Crippen molar-refractivity contribution in [3.63, 3.8) is 0 Å². The zero-order chi connectivity index (χ0) is 15.9. The van der Waals surface area contributed by atoms with Crippen molar-refractivity contribution in [3.05, 3.63) is 23.8 Å². The molecular weight excluding hydrogens is 284 g/mol. The molecule has 4 N–H and O–H groups in total. The summed E-state index contributed by atoms with van der Waals surface area (Å²) in [6.45, 7) is 3.43. The van der Waals surface area contributed by atoms with Gasteiger partial charge in [0, 0.05) is 44.7 Å². The average Bonchev–Trinajstić information content (AvgIpc) is 2.54. The van der Waals surface area contributed by atoms with Gasteiger partial charge in [-0.3, -0.25) is 9.59 Å². The predicted octanol–water partition coefficient (Wildman–Crippen LogP) is 0.0279. The number of nitrogens with two attached hydrogens (primary N) is 1. The molecule has 1 aliphatic rings. The third-order valence-corrected chi connectivity index (χ3v) is 3.54. The number of carbonyl (C=O) groups is 2. The molecule has 0 atom stereocenters. The van der Waals surface area contributed by atoms with E-state index in [4.69, 9.17) is 10.5 Å². The van der Waals surface area contributed by atoms with E-state index in [1.54, 1.807) is 25.3 Å². The van der Waals surface area contributed by atoms with Gasteiger partial charge >= 0.3 is 0 Å². The van der Waals surface area contributed by atoms with Gasteiger partial charge in [0.25, 0.3) is 5.91 Å². The molecular formula is C15H22N4O3. The van der Waals surface area contributed by atoms with Crippen molar-refractivity contribution in [3.8, 4) is 5.75 Å². The molecule has 0 spiro atoms. The molecule has 0 unspecified atom stereocenters. The second-order valence-electron chi connectivity index (χ2n) is 5.10. The number of anilines is 1. The number of piperazine rings is 1. The molecule has 0 aliphatic carbocycles.